The second kappa shape index (κ2) is 3.87. The van der Waals surface area contributed by atoms with Crippen molar-refractivity contribution in [2.75, 3.05) is 7.11 Å². The number of H-pyrrole nitrogens is 1. The molecule has 5 heteroatoms. The standard InChI is InChI=1S/C13H14N4O/c1-8-10(7-17(2)16-8)13-14-11-5-4-9(18-3)6-12(11)15-13/h4-7H,1-3H3,(H,14,15). The van der Waals surface area contributed by atoms with E-state index in [-0.39, 0.29) is 0 Å². The molecule has 3 rings (SSSR count). The number of nitrogens with one attached hydrogen (secondary N) is 1. The van der Waals surface area contributed by atoms with Crippen molar-refractivity contribution >= 4 is 11.0 Å². The SMILES string of the molecule is COc1ccc2nc(-c3cn(C)nc3C)[nH]c2c1. The number of benzene rings is 1. The lowest BCUT2D eigenvalue weighted by atomic mass is 10.2. The van der Waals surface area contributed by atoms with Gasteiger partial charge in [-0.15, -0.1) is 0 Å². The van der Waals surface area contributed by atoms with Gasteiger partial charge in [-0.3, -0.25) is 4.68 Å². The minimum atomic E-state index is 0.820. The van der Waals surface area contributed by atoms with Crippen LogP contribution in [0.2, 0.25) is 0 Å². The predicted molar refractivity (Wildman–Crippen MR) is 69.6 cm³/mol. The van der Waals surface area contributed by atoms with Crippen LogP contribution in [-0.4, -0.2) is 26.9 Å². The zero-order chi connectivity index (χ0) is 12.7. The van der Waals surface area contributed by atoms with Crippen LogP contribution in [0.15, 0.2) is 24.4 Å². The van der Waals surface area contributed by atoms with Gasteiger partial charge in [-0.05, 0) is 19.1 Å². The van der Waals surface area contributed by atoms with E-state index in [9.17, 15) is 0 Å². The fraction of sp³-hybridized carbons (Fsp3) is 0.231. The molecule has 0 spiro atoms. The smallest absolute Gasteiger partial charge is 0.141 e. The zero-order valence-corrected chi connectivity index (χ0v) is 10.6. The molecular weight excluding hydrogens is 228 g/mol. The number of hydrogen-bond donors (Lipinski definition) is 1. The lowest BCUT2D eigenvalue weighted by Gasteiger charge is -1.96. The first-order chi connectivity index (χ1) is 8.67. The Labute approximate surface area is 104 Å². The largest absolute Gasteiger partial charge is 0.497 e. The molecule has 0 fully saturated rings. The van der Waals surface area contributed by atoms with E-state index in [2.05, 4.69) is 15.1 Å². The van der Waals surface area contributed by atoms with Crippen molar-refractivity contribution in [3.05, 3.63) is 30.1 Å². The maximum Gasteiger partial charge on any atom is 0.141 e. The molecule has 0 aliphatic heterocycles. The van der Waals surface area contributed by atoms with Crippen molar-refractivity contribution < 1.29 is 4.74 Å². The summed E-state index contributed by atoms with van der Waals surface area (Å²) in [4.78, 5) is 7.86. The first-order valence-corrected chi connectivity index (χ1v) is 5.72. The fourth-order valence-corrected chi connectivity index (χ4v) is 2.08. The Hall–Kier alpha value is -2.30. The normalized spacial score (nSPS) is 11.1. The van der Waals surface area contributed by atoms with Crippen molar-refractivity contribution in [3.63, 3.8) is 0 Å². The van der Waals surface area contributed by atoms with Gasteiger partial charge in [-0.1, -0.05) is 0 Å². The van der Waals surface area contributed by atoms with E-state index in [1.807, 2.05) is 38.4 Å². The molecule has 3 aromatic rings. The highest BCUT2D eigenvalue weighted by Crippen LogP contribution is 2.24. The quantitative estimate of drug-likeness (QED) is 0.750. The molecule has 0 bridgehead atoms. The number of hydrogen-bond acceptors (Lipinski definition) is 3. The maximum atomic E-state index is 5.20. The third-order valence-electron chi connectivity index (χ3n) is 2.96. The number of aryl methyl sites for hydroxylation is 2. The van der Waals surface area contributed by atoms with Crippen molar-refractivity contribution in [2.45, 2.75) is 6.92 Å². The third kappa shape index (κ3) is 1.64. The minimum Gasteiger partial charge on any atom is -0.497 e. The number of aromatic nitrogens is 4. The molecule has 0 unspecified atom stereocenters. The Bertz CT molecular complexity index is 711. The Morgan fingerprint density at radius 1 is 1.33 bits per heavy atom. The van der Waals surface area contributed by atoms with Crippen LogP contribution in [0.4, 0.5) is 0 Å². The second-order valence-electron chi connectivity index (χ2n) is 4.27. The van der Waals surface area contributed by atoms with E-state index in [1.165, 1.54) is 0 Å². The number of aromatic amines is 1. The Kier molecular flexibility index (Phi) is 2.33. The van der Waals surface area contributed by atoms with Gasteiger partial charge in [-0.25, -0.2) is 4.98 Å². The van der Waals surface area contributed by atoms with Gasteiger partial charge >= 0.3 is 0 Å². The van der Waals surface area contributed by atoms with Crippen LogP contribution in [0, 0.1) is 6.92 Å². The van der Waals surface area contributed by atoms with E-state index in [0.717, 1.165) is 33.9 Å². The molecule has 0 aliphatic carbocycles. The Balaban J connectivity index is 2.16. The monoisotopic (exact) mass is 242 g/mol. The Morgan fingerprint density at radius 3 is 2.83 bits per heavy atom. The highest BCUT2D eigenvalue weighted by Gasteiger charge is 2.11. The van der Waals surface area contributed by atoms with Crippen molar-refractivity contribution in [3.8, 4) is 17.1 Å². The zero-order valence-electron chi connectivity index (χ0n) is 10.6. The summed E-state index contributed by atoms with van der Waals surface area (Å²) in [6, 6.07) is 5.79. The molecule has 5 nitrogen and oxygen atoms in total. The molecule has 18 heavy (non-hydrogen) atoms. The summed E-state index contributed by atoms with van der Waals surface area (Å²) in [7, 11) is 3.56. The maximum absolute atomic E-state index is 5.20. The second-order valence-corrected chi connectivity index (χ2v) is 4.27. The average Bonchev–Trinajstić information content (AvgIpc) is 2.90. The number of imidazole rings is 1. The van der Waals surface area contributed by atoms with Crippen molar-refractivity contribution in [1.82, 2.24) is 19.7 Å². The summed E-state index contributed by atoms with van der Waals surface area (Å²) in [5.41, 5.74) is 3.87. The number of rotatable bonds is 2. The number of ether oxygens (including phenoxy) is 1. The molecule has 0 saturated carbocycles. The topological polar surface area (TPSA) is 55.7 Å². The van der Waals surface area contributed by atoms with Crippen LogP contribution >= 0.6 is 0 Å². The number of methoxy groups -OCH3 is 1. The molecule has 0 radical (unpaired) electrons. The van der Waals surface area contributed by atoms with E-state index in [1.54, 1.807) is 11.8 Å². The van der Waals surface area contributed by atoms with Gasteiger partial charge in [0, 0.05) is 19.3 Å². The van der Waals surface area contributed by atoms with E-state index in [0.29, 0.717) is 0 Å². The highest BCUT2D eigenvalue weighted by molar-refractivity contribution is 5.80. The molecule has 0 amide bonds. The van der Waals surface area contributed by atoms with Crippen LogP contribution in [0.25, 0.3) is 22.4 Å². The summed E-state index contributed by atoms with van der Waals surface area (Å²) in [5, 5.41) is 4.32. The summed E-state index contributed by atoms with van der Waals surface area (Å²) < 4.78 is 6.99. The van der Waals surface area contributed by atoms with Crippen molar-refractivity contribution in [1.29, 1.82) is 0 Å². The van der Waals surface area contributed by atoms with Gasteiger partial charge in [-0.2, -0.15) is 5.10 Å². The fourth-order valence-electron chi connectivity index (χ4n) is 2.08. The molecule has 1 N–H and O–H groups in total. The predicted octanol–water partition coefficient (Wildman–Crippen LogP) is 2.28. The van der Waals surface area contributed by atoms with E-state index in [4.69, 9.17) is 4.74 Å². The van der Waals surface area contributed by atoms with E-state index < -0.39 is 0 Å². The molecule has 0 saturated heterocycles. The summed E-state index contributed by atoms with van der Waals surface area (Å²) in [6.45, 7) is 1.98. The lowest BCUT2D eigenvalue weighted by Crippen LogP contribution is -1.86. The molecule has 92 valence electrons. The van der Waals surface area contributed by atoms with Crippen LogP contribution < -0.4 is 4.74 Å². The third-order valence-corrected chi connectivity index (χ3v) is 2.96. The van der Waals surface area contributed by atoms with Crippen LogP contribution in [0.3, 0.4) is 0 Å². The lowest BCUT2D eigenvalue weighted by molar-refractivity contribution is 0.415. The number of nitrogens with zero attached hydrogens (tertiary/aromatic N) is 3. The van der Waals surface area contributed by atoms with Gasteiger partial charge in [0.1, 0.15) is 11.6 Å². The van der Waals surface area contributed by atoms with Crippen LogP contribution in [0.1, 0.15) is 5.69 Å². The first kappa shape index (κ1) is 10.8. The first-order valence-electron chi connectivity index (χ1n) is 5.72. The van der Waals surface area contributed by atoms with Gasteiger partial charge in [0.25, 0.3) is 0 Å². The Morgan fingerprint density at radius 2 is 2.17 bits per heavy atom. The summed E-state index contributed by atoms with van der Waals surface area (Å²) in [6.07, 6.45) is 1.96. The number of fused-ring (bicyclic) bond motifs is 1. The van der Waals surface area contributed by atoms with Gasteiger partial charge in [0.2, 0.25) is 0 Å². The molecule has 1 aromatic carbocycles. The minimum absolute atomic E-state index is 0.820. The summed E-state index contributed by atoms with van der Waals surface area (Å²) >= 11 is 0. The van der Waals surface area contributed by atoms with Gasteiger partial charge < -0.3 is 9.72 Å². The van der Waals surface area contributed by atoms with Crippen molar-refractivity contribution in [2.24, 2.45) is 7.05 Å². The van der Waals surface area contributed by atoms with Gasteiger partial charge in [0.15, 0.2) is 0 Å². The highest BCUT2D eigenvalue weighted by atomic mass is 16.5. The molecule has 2 aromatic heterocycles. The summed E-state index contributed by atoms with van der Waals surface area (Å²) in [5.74, 6) is 1.66. The average molecular weight is 242 g/mol. The van der Waals surface area contributed by atoms with Crippen LogP contribution in [-0.2, 0) is 7.05 Å². The van der Waals surface area contributed by atoms with Crippen LogP contribution in [0.5, 0.6) is 5.75 Å². The molecule has 0 atom stereocenters. The molecule has 2 heterocycles. The molecule has 0 aliphatic rings. The van der Waals surface area contributed by atoms with E-state index >= 15 is 0 Å². The molecular formula is C13H14N4O. The van der Waals surface area contributed by atoms with Gasteiger partial charge in [0.05, 0.1) is 29.4 Å².